The van der Waals surface area contributed by atoms with Gasteiger partial charge in [0.05, 0.1) is 5.56 Å². The molecule has 0 radical (unpaired) electrons. The van der Waals surface area contributed by atoms with Crippen LogP contribution in [0.15, 0.2) is 47.6 Å². The van der Waals surface area contributed by atoms with E-state index in [1.54, 1.807) is 36.3 Å². The number of thioether (sulfide) groups is 1. The van der Waals surface area contributed by atoms with E-state index in [4.69, 9.17) is 5.11 Å². The van der Waals surface area contributed by atoms with Crippen molar-refractivity contribution in [2.75, 3.05) is 6.61 Å². The SMILES string of the molecule is OCC#Cc1cc(CSc2ccncc2)ccc1F. The van der Waals surface area contributed by atoms with Gasteiger partial charge in [-0.05, 0) is 29.8 Å². The van der Waals surface area contributed by atoms with Gasteiger partial charge in [-0.2, -0.15) is 0 Å². The monoisotopic (exact) mass is 273 g/mol. The number of aliphatic hydroxyl groups excluding tert-OH is 1. The van der Waals surface area contributed by atoms with Crippen LogP contribution in [0.3, 0.4) is 0 Å². The second-order valence-electron chi connectivity index (χ2n) is 3.75. The summed E-state index contributed by atoms with van der Waals surface area (Å²) in [6, 6.07) is 8.73. The van der Waals surface area contributed by atoms with Gasteiger partial charge < -0.3 is 5.11 Å². The smallest absolute Gasteiger partial charge is 0.138 e. The molecule has 0 unspecified atom stereocenters. The molecule has 0 amide bonds. The summed E-state index contributed by atoms with van der Waals surface area (Å²) in [6.07, 6.45) is 3.48. The summed E-state index contributed by atoms with van der Waals surface area (Å²) in [5, 5.41) is 8.63. The fourth-order valence-electron chi connectivity index (χ4n) is 1.49. The van der Waals surface area contributed by atoms with E-state index in [1.807, 2.05) is 12.1 Å². The van der Waals surface area contributed by atoms with Crippen molar-refractivity contribution in [3.05, 3.63) is 59.7 Å². The topological polar surface area (TPSA) is 33.1 Å². The van der Waals surface area contributed by atoms with Crippen molar-refractivity contribution in [1.29, 1.82) is 0 Å². The number of halogens is 1. The Morgan fingerprint density at radius 1 is 1.21 bits per heavy atom. The second-order valence-corrected chi connectivity index (χ2v) is 4.79. The molecule has 19 heavy (non-hydrogen) atoms. The largest absolute Gasteiger partial charge is 0.384 e. The molecule has 2 rings (SSSR count). The second kappa shape index (κ2) is 6.93. The average molecular weight is 273 g/mol. The van der Waals surface area contributed by atoms with Crippen LogP contribution >= 0.6 is 11.8 Å². The highest BCUT2D eigenvalue weighted by molar-refractivity contribution is 7.98. The normalized spacial score (nSPS) is 9.79. The van der Waals surface area contributed by atoms with Crippen molar-refractivity contribution in [2.24, 2.45) is 0 Å². The van der Waals surface area contributed by atoms with Gasteiger partial charge in [0.1, 0.15) is 12.4 Å². The molecule has 0 aliphatic carbocycles. The Morgan fingerprint density at radius 2 is 2.00 bits per heavy atom. The Balaban J connectivity index is 2.09. The summed E-state index contributed by atoms with van der Waals surface area (Å²) in [5.74, 6) is 5.44. The molecule has 1 aromatic carbocycles. The molecule has 96 valence electrons. The van der Waals surface area contributed by atoms with Crippen molar-refractivity contribution < 1.29 is 9.50 Å². The number of aromatic nitrogens is 1. The third-order valence-corrected chi connectivity index (χ3v) is 3.47. The van der Waals surface area contributed by atoms with Crippen LogP contribution < -0.4 is 0 Å². The number of nitrogens with zero attached hydrogens (tertiary/aromatic N) is 1. The summed E-state index contributed by atoms with van der Waals surface area (Å²) in [4.78, 5) is 5.07. The number of aliphatic hydroxyl groups is 1. The molecule has 0 saturated carbocycles. The van der Waals surface area contributed by atoms with Crippen molar-refractivity contribution in [3.8, 4) is 11.8 Å². The van der Waals surface area contributed by atoms with Crippen LogP contribution in [0.4, 0.5) is 4.39 Å². The highest BCUT2D eigenvalue weighted by atomic mass is 32.2. The molecule has 0 saturated heterocycles. The molecule has 4 heteroatoms. The van der Waals surface area contributed by atoms with Crippen molar-refractivity contribution in [1.82, 2.24) is 4.98 Å². The Kier molecular flexibility index (Phi) is 4.96. The van der Waals surface area contributed by atoms with Gasteiger partial charge in [-0.3, -0.25) is 4.98 Å². The summed E-state index contributed by atoms with van der Waals surface area (Å²) in [6.45, 7) is -0.268. The van der Waals surface area contributed by atoms with Gasteiger partial charge in [0.25, 0.3) is 0 Å². The molecule has 2 nitrogen and oxygen atoms in total. The first kappa shape index (κ1) is 13.6. The zero-order valence-electron chi connectivity index (χ0n) is 10.1. The van der Waals surface area contributed by atoms with Gasteiger partial charge in [0, 0.05) is 23.0 Å². The van der Waals surface area contributed by atoms with E-state index < -0.39 is 0 Å². The number of benzene rings is 1. The fourth-order valence-corrected chi connectivity index (χ4v) is 2.32. The molecule has 0 spiro atoms. The minimum atomic E-state index is -0.362. The molecular formula is C15H12FNOS. The zero-order chi connectivity index (χ0) is 13.5. The van der Waals surface area contributed by atoms with E-state index in [1.165, 1.54) is 6.07 Å². The highest BCUT2D eigenvalue weighted by Crippen LogP contribution is 2.22. The van der Waals surface area contributed by atoms with Crippen LogP contribution in [0.2, 0.25) is 0 Å². The van der Waals surface area contributed by atoms with E-state index in [0.717, 1.165) is 16.2 Å². The summed E-state index contributed by atoms with van der Waals surface area (Å²) in [5.41, 5.74) is 1.31. The van der Waals surface area contributed by atoms with Gasteiger partial charge in [-0.15, -0.1) is 11.8 Å². The molecule has 0 bridgehead atoms. The van der Waals surface area contributed by atoms with Crippen LogP contribution in [0, 0.1) is 17.7 Å². The summed E-state index contributed by atoms with van der Waals surface area (Å²) < 4.78 is 13.5. The number of hydrogen-bond donors (Lipinski definition) is 1. The van der Waals surface area contributed by atoms with Gasteiger partial charge in [0.15, 0.2) is 0 Å². The van der Waals surface area contributed by atoms with Crippen molar-refractivity contribution in [2.45, 2.75) is 10.6 Å². The van der Waals surface area contributed by atoms with E-state index in [0.29, 0.717) is 5.56 Å². The molecule has 2 aromatic rings. The Bertz CT molecular complexity index is 605. The third kappa shape index (κ3) is 4.09. The Hall–Kier alpha value is -1.83. The maximum atomic E-state index is 13.5. The average Bonchev–Trinajstić information content (AvgIpc) is 2.46. The van der Waals surface area contributed by atoms with Crippen LogP contribution in [-0.4, -0.2) is 16.7 Å². The highest BCUT2D eigenvalue weighted by Gasteiger charge is 2.02. The number of hydrogen-bond acceptors (Lipinski definition) is 3. The van der Waals surface area contributed by atoms with Gasteiger partial charge in [-0.25, -0.2) is 4.39 Å². The molecule has 1 heterocycles. The standard InChI is InChI=1S/C15H12FNOS/c16-15-4-3-12(10-13(15)2-1-9-18)11-19-14-5-7-17-8-6-14/h3-8,10,18H,9,11H2. The summed E-state index contributed by atoms with van der Waals surface area (Å²) >= 11 is 1.65. The molecule has 0 aliphatic heterocycles. The van der Waals surface area contributed by atoms with Gasteiger partial charge in [-0.1, -0.05) is 17.9 Å². The van der Waals surface area contributed by atoms with Gasteiger partial charge >= 0.3 is 0 Å². The molecule has 0 fully saturated rings. The lowest BCUT2D eigenvalue weighted by molar-refractivity contribution is 0.350. The first-order valence-corrected chi connectivity index (χ1v) is 6.69. The first-order chi connectivity index (χ1) is 9.29. The van der Waals surface area contributed by atoms with Crippen LogP contribution in [-0.2, 0) is 5.75 Å². The fraction of sp³-hybridized carbons (Fsp3) is 0.133. The van der Waals surface area contributed by atoms with Crippen LogP contribution in [0.1, 0.15) is 11.1 Å². The maximum Gasteiger partial charge on any atom is 0.138 e. The molecule has 1 aromatic heterocycles. The predicted molar refractivity (Wildman–Crippen MR) is 74.2 cm³/mol. The molecule has 0 atom stereocenters. The molecule has 1 N–H and O–H groups in total. The lowest BCUT2D eigenvalue weighted by Gasteiger charge is -2.03. The lowest BCUT2D eigenvalue weighted by Crippen LogP contribution is -1.88. The van der Waals surface area contributed by atoms with E-state index in [2.05, 4.69) is 16.8 Å². The van der Waals surface area contributed by atoms with Crippen molar-refractivity contribution >= 4 is 11.8 Å². The van der Waals surface area contributed by atoms with Gasteiger partial charge in [0.2, 0.25) is 0 Å². The quantitative estimate of drug-likeness (QED) is 0.689. The molecular weight excluding hydrogens is 261 g/mol. The van der Waals surface area contributed by atoms with Crippen LogP contribution in [0.25, 0.3) is 0 Å². The van der Waals surface area contributed by atoms with E-state index in [-0.39, 0.29) is 12.4 Å². The first-order valence-electron chi connectivity index (χ1n) is 5.70. The van der Waals surface area contributed by atoms with Crippen LogP contribution in [0.5, 0.6) is 0 Å². The van der Waals surface area contributed by atoms with E-state index in [9.17, 15) is 4.39 Å². The Morgan fingerprint density at radius 3 is 2.74 bits per heavy atom. The maximum absolute atomic E-state index is 13.5. The number of pyridine rings is 1. The zero-order valence-corrected chi connectivity index (χ0v) is 11.0. The molecule has 0 aliphatic rings. The summed E-state index contributed by atoms with van der Waals surface area (Å²) in [7, 11) is 0. The lowest BCUT2D eigenvalue weighted by atomic mass is 10.1. The van der Waals surface area contributed by atoms with E-state index >= 15 is 0 Å². The Labute approximate surface area is 115 Å². The minimum absolute atomic E-state index is 0.268. The van der Waals surface area contributed by atoms with Crippen molar-refractivity contribution in [3.63, 3.8) is 0 Å². The number of rotatable bonds is 3. The predicted octanol–water partition coefficient (Wildman–Crippen LogP) is 2.86. The third-order valence-electron chi connectivity index (χ3n) is 2.39. The minimum Gasteiger partial charge on any atom is -0.384 e.